The normalized spacial score (nSPS) is 19.4. The van der Waals surface area contributed by atoms with Crippen LogP contribution < -0.4 is 10.2 Å². The molecule has 1 unspecified atom stereocenters. The molecule has 3 amide bonds. The minimum Gasteiger partial charge on any atom is -0.337 e. The topological polar surface area (TPSA) is 49.4 Å². The van der Waals surface area contributed by atoms with E-state index in [4.69, 9.17) is 11.6 Å². The average Bonchev–Trinajstić information content (AvgIpc) is 2.37. The molecule has 1 aliphatic rings. The van der Waals surface area contributed by atoms with Gasteiger partial charge in [-0.2, -0.15) is 0 Å². The van der Waals surface area contributed by atoms with Crippen molar-refractivity contribution in [1.29, 1.82) is 0 Å². The first-order chi connectivity index (χ1) is 9.40. The van der Waals surface area contributed by atoms with Gasteiger partial charge in [-0.05, 0) is 37.0 Å². The van der Waals surface area contributed by atoms with E-state index in [0.29, 0.717) is 23.2 Å². The van der Waals surface area contributed by atoms with Crippen molar-refractivity contribution >= 4 is 29.2 Å². The third-order valence-electron chi connectivity index (χ3n) is 3.44. The molecule has 0 saturated carbocycles. The van der Waals surface area contributed by atoms with E-state index in [0.717, 1.165) is 12.0 Å². The quantitative estimate of drug-likeness (QED) is 0.929. The van der Waals surface area contributed by atoms with Gasteiger partial charge in [0.15, 0.2) is 0 Å². The number of carbonyl (C=O) groups excluding carboxylic acids is 2. The molecule has 1 N–H and O–H groups in total. The molecule has 0 bridgehead atoms. The van der Waals surface area contributed by atoms with E-state index in [-0.39, 0.29) is 17.9 Å². The third kappa shape index (κ3) is 2.96. The molecule has 1 fully saturated rings. The van der Waals surface area contributed by atoms with Crippen molar-refractivity contribution in [3.8, 4) is 0 Å². The Balaban J connectivity index is 2.29. The lowest BCUT2D eigenvalue weighted by molar-refractivity contribution is -0.122. The number of nitrogens with one attached hydrogen (secondary N) is 1. The van der Waals surface area contributed by atoms with E-state index in [1.54, 1.807) is 12.1 Å². The van der Waals surface area contributed by atoms with Crippen LogP contribution in [-0.2, 0) is 4.79 Å². The zero-order valence-corrected chi connectivity index (χ0v) is 12.7. The van der Waals surface area contributed by atoms with Gasteiger partial charge in [0.1, 0.15) is 0 Å². The van der Waals surface area contributed by atoms with Gasteiger partial charge < -0.3 is 5.32 Å². The van der Waals surface area contributed by atoms with E-state index in [1.807, 2.05) is 13.0 Å². The van der Waals surface area contributed by atoms with E-state index < -0.39 is 0 Å². The summed E-state index contributed by atoms with van der Waals surface area (Å²) in [5.74, 6) is 0.0811. The summed E-state index contributed by atoms with van der Waals surface area (Å²) in [6.07, 6.45) is 0.759. The highest BCUT2D eigenvalue weighted by Gasteiger charge is 2.35. The van der Waals surface area contributed by atoms with Crippen LogP contribution in [0.4, 0.5) is 10.5 Å². The second kappa shape index (κ2) is 5.83. The van der Waals surface area contributed by atoms with Crippen LogP contribution in [0.5, 0.6) is 0 Å². The number of anilines is 1. The first-order valence-electron chi connectivity index (χ1n) is 6.78. The van der Waals surface area contributed by atoms with Gasteiger partial charge in [0.25, 0.3) is 0 Å². The lowest BCUT2D eigenvalue weighted by atomic mass is 9.94. The Hall–Kier alpha value is -1.55. The molecule has 1 saturated heterocycles. The molecule has 1 aliphatic heterocycles. The van der Waals surface area contributed by atoms with Crippen molar-refractivity contribution in [1.82, 2.24) is 5.32 Å². The number of halogens is 1. The Morgan fingerprint density at radius 2 is 2.10 bits per heavy atom. The van der Waals surface area contributed by atoms with Gasteiger partial charge in [0.05, 0.1) is 11.6 Å². The number of benzene rings is 1. The summed E-state index contributed by atoms with van der Waals surface area (Å²) in [4.78, 5) is 25.7. The highest BCUT2D eigenvalue weighted by atomic mass is 35.5. The van der Waals surface area contributed by atoms with Gasteiger partial charge in [-0.25, -0.2) is 9.69 Å². The van der Waals surface area contributed by atoms with Crippen molar-refractivity contribution in [2.24, 2.45) is 11.8 Å². The van der Waals surface area contributed by atoms with Crippen molar-refractivity contribution < 1.29 is 9.59 Å². The van der Waals surface area contributed by atoms with Crippen molar-refractivity contribution in [3.05, 3.63) is 28.8 Å². The number of carbonyl (C=O) groups is 2. The minimum atomic E-state index is -0.380. The third-order valence-corrected chi connectivity index (χ3v) is 3.85. The number of nitrogens with zero attached hydrogens (tertiary/aromatic N) is 1. The fraction of sp³-hybridized carbons (Fsp3) is 0.467. The van der Waals surface area contributed by atoms with Gasteiger partial charge in [0.2, 0.25) is 5.91 Å². The summed E-state index contributed by atoms with van der Waals surface area (Å²) in [7, 11) is 0. The number of amides is 3. The largest absolute Gasteiger partial charge is 0.337 e. The summed E-state index contributed by atoms with van der Waals surface area (Å²) in [5.41, 5.74) is 1.44. The maximum absolute atomic E-state index is 12.5. The Morgan fingerprint density at radius 1 is 1.40 bits per heavy atom. The molecule has 2 rings (SSSR count). The molecule has 0 radical (unpaired) electrons. The van der Waals surface area contributed by atoms with E-state index in [9.17, 15) is 9.59 Å². The zero-order valence-electron chi connectivity index (χ0n) is 11.9. The molecule has 0 aromatic heterocycles. The van der Waals surface area contributed by atoms with Crippen molar-refractivity contribution in [3.63, 3.8) is 0 Å². The fourth-order valence-corrected chi connectivity index (χ4v) is 2.55. The predicted octanol–water partition coefficient (Wildman–Crippen LogP) is 3.37. The fourth-order valence-electron chi connectivity index (χ4n) is 2.38. The molecule has 4 nitrogen and oxygen atoms in total. The maximum atomic E-state index is 12.5. The minimum absolute atomic E-state index is 0.151. The molecule has 20 heavy (non-hydrogen) atoms. The first-order valence-corrected chi connectivity index (χ1v) is 7.16. The SMILES string of the molecule is Cc1ccc(N2C(=O)NCC(CC(C)C)C2=O)cc1Cl. The van der Waals surface area contributed by atoms with E-state index in [2.05, 4.69) is 19.2 Å². The molecule has 5 heteroatoms. The molecular weight excluding hydrogens is 276 g/mol. The van der Waals surface area contributed by atoms with Gasteiger partial charge in [0, 0.05) is 11.6 Å². The Labute approximate surface area is 124 Å². The molecular formula is C15H19ClN2O2. The molecule has 1 atom stereocenters. The summed E-state index contributed by atoms with van der Waals surface area (Å²) in [5, 5.41) is 3.32. The van der Waals surface area contributed by atoms with Crippen LogP contribution >= 0.6 is 11.6 Å². The van der Waals surface area contributed by atoms with Crippen LogP contribution in [0.15, 0.2) is 18.2 Å². The zero-order chi connectivity index (χ0) is 14.9. The monoisotopic (exact) mass is 294 g/mol. The average molecular weight is 295 g/mol. The van der Waals surface area contributed by atoms with E-state index >= 15 is 0 Å². The number of urea groups is 1. The Morgan fingerprint density at radius 3 is 2.70 bits per heavy atom. The second-order valence-electron chi connectivity index (χ2n) is 5.62. The summed E-state index contributed by atoms with van der Waals surface area (Å²) in [6, 6.07) is 4.84. The van der Waals surface area contributed by atoms with Crippen LogP contribution in [0.1, 0.15) is 25.8 Å². The molecule has 1 aromatic carbocycles. The predicted molar refractivity (Wildman–Crippen MR) is 80.0 cm³/mol. The highest BCUT2D eigenvalue weighted by molar-refractivity contribution is 6.32. The first kappa shape index (κ1) is 14.9. The molecule has 108 valence electrons. The Bertz CT molecular complexity index is 543. The number of rotatable bonds is 3. The number of imide groups is 1. The lowest BCUT2D eigenvalue weighted by Gasteiger charge is -2.32. The van der Waals surface area contributed by atoms with Crippen molar-refractivity contribution in [2.75, 3.05) is 11.4 Å². The van der Waals surface area contributed by atoms with Crippen molar-refractivity contribution in [2.45, 2.75) is 27.2 Å². The van der Waals surface area contributed by atoms with Crippen LogP contribution in [0, 0.1) is 18.8 Å². The smallest absolute Gasteiger partial charge is 0.328 e. The summed E-state index contributed by atoms with van der Waals surface area (Å²) in [6.45, 7) is 6.42. The number of hydrogen-bond donors (Lipinski definition) is 1. The molecule has 0 spiro atoms. The van der Waals surface area contributed by atoms with Gasteiger partial charge in [-0.15, -0.1) is 0 Å². The van der Waals surface area contributed by atoms with Gasteiger partial charge in [-0.3, -0.25) is 4.79 Å². The van der Waals surface area contributed by atoms with Gasteiger partial charge in [-0.1, -0.05) is 31.5 Å². The molecule has 0 aliphatic carbocycles. The van der Waals surface area contributed by atoms with Crippen LogP contribution in [0.2, 0.25) is 5.02 Å². The highest BCUT2D eigenvalue weighted by Crippen LogP contribution is 2.27. The van der Waals surface area contributed by atoms with Crippen LogP contribution in [0.3, 0.4) is 0 Å². The van der Waals surface area contributed by atoms with Gasteiger partial charge >= 0.3 is 6.03 Å². The number of hydrogen-bond acceptors (Lipinski definition) is 2. The maximum Gasteiger partial charge on any atom is 0.328 e. The molecule has 1 heterocycles. The Kier molecular flexibility index (Phi) is 4.33. The van der Waals surface area contributed by atoms with Crippen LogP contribution in [-0.4, -0.2) is 18.5 Å². The number of aryl methyl sites for hydroxylation is 1. The van der Waals surface area contributed by atoms with Crippen LogP contribution in [0.25, 0.3) is 0 Å². The summed E-state index contributed by atoms with van der Waals surface area (Å²) >= 11 is 6.08. The van der Waals surface area contributed by atoms with E-state index in [1.165, 1.54) is 4.90 Å². The molecule has 1 aromatic rings. The second-order valence-corrected chi connectivity index (χ2v) is 6.03. The lowest BCUT2D eigenvalue weighted by Crippen LogP contribution is -2.55. The standard InChI is InChI=1S/C15H19ClN2O2/c1-9(2)6-11-8-17-15(20)18(14(11)19)12-5-4-10(3)13(16)7-12/h4-5,7,9,11H,6,8H2,1-3H3,(H,17,20). The summed E-state index contributed by atoms with van der Waals surface area (Å²) < 4.78 is 0.